The smallest absolute Gasteiger partial charge is 0.259 e. The van der Waals surface area contributed by atoms with Crippen molar-refractivity contribution in [2.45, 2.75) is 30.3 Å². The minimum atomic E-state index is -0.238. The summed E-state index contributed by atoms with van der Waals surface area (Å²) >= 11 is 1.49. The number of fused-ring (bicyclic) bond motifs is 1. The molecule has 8 nitrogen and oxygen atoms in total. The summed E-state index contributed by atoms with van der Waals surface area (Å²) < 4.78 is 13.2. The van der Waals surface area contributed by atoms with Crippen LogP contribution in [-0.4, -0.2) is 38.9 Å². The van der Waals surface area contributed by atoms with Crippen LogP contribution in [0.15, 0.2) is 64.8 Å². The van der Waals surface area contributed by atoms with Crippen LogP contribution in [0.5, 0.6) is 11.5 Å². The fourth-order valence-electron chi connectivity index (χ4n) is 3.83. The van der Waals surface area contributed by atoms with Crippen molar-refractivity contribution in [2.75, 3.05) is 18.5 Å². The zero-order valence-corrected chi connectivity index (χ0v) is 20.6. The topological polar surface area (TPSA) is 91.2 Å². The minimum Gasteiger partial charge on any atom is -0.490 e. The van der Waals surface area contributed by atoms with Crippen LogP contribution >= 0.6 is 11.8 Å². The van der Waals surface area contributed by atoms with E-state index < -0.39 is 0 Å². The number of aryl methyl sites for hydroxylation is 3. The number of nitrogens with one attached hydrogen (secondary N) is 1. The third-order valence-corrected chi connectivity index (χ3v) is 6.25. The second kappa shape index (κ2) is 9.79. The van der Waals surface area contributed by atoms with Crippen molar-refractivity contribution in [3.8, 4) is 22.8 Å². The van der Waals surface area contributed by atoms with Crippen LogP contribution in [0.4, 0.5) is 5.69 Å². The van der Waals surface area contributed by atoms with Gasteiger partial charge < -0.3 is 14.8 Å². The van der Waals surface area contributed by atoms with Crippen LogP contribution in [0.3, 0.4) is 0 Å². The Bertz CT molecular complexity index is 1360. The molecule has 9 heteroatoms. The third kappa shape index (κ3) is 5.30. The van der Waals surface area contributed by atoms with Crippen LogP contribution in [-0.2, 0) is 7.05 Å². The summed E-state index contributed by atoms with van der Waals surface area (Å²) in [7, 11) is 1.80. The molecule has 5 rings (SSSR count). The third-order valence-electron chi connectivity index (χ3n) is 5.38. The zero-order chi connectivity index (χ0) is 24.4. The van der Waals surface area contributed by atoms with E-state index in [1.807, 2.05) is 62.4 Å². The molecule has 0 saturated carbocycles. The number of amides is 1. The fourth-order valence-corrected chi connectivity index (χ4v) is 4.69. The Morgan fingerprint density at radius 3 is 2.43 bits per heavy atom. The Kier molecular flexibility index (Phi) is 6.41. The maximum atomic E-state index is 13.2. The molecule has 2 aromatic heterocycles. The van der Waals surface area contributed by atoms with Gasteiger partial charge in [0.05, 0.1) is 18.8 Å². The molecule has 0 aliphatic carbocycles. The van der Waals surface area contributed by atoms with E-state index in [2.05, 4.69) is 20.4 Å². The number of aromatic nitrogens is 4. The van der Waals surface area contributed by atoms with Gasteiger partial charge in [0.2, 0.25) is 0 Å². The molecule has 1 amide bonds. The van der Waals surface area contributed by atoms with E-state index in [0.717, 1.165) is 28.3 Å². The zero-order valence-electron chi connectivity index (χ0n) is 19.7. The largest absolute Gasteiger partial charge is 0.490 e. The highest BCUT2D eigenvalue weighted by molar-refractivity contribution is 7.99. The number of benzene rings is 2. The molecule has 0 radical (unpaired) electrons. The first-order chi connectivity index (χ1) is 16.9. The van der Waals surface area contributed by atoms with Gasteiger partial charge in [0.25, 0.3) is 5.91 Å². The van der Waals surface area contributed by atoms with Gasteiger partial charge >= 0.3 is 0 Å². The number of ether oxygens (including phenoxy) is 2. The molecule has 35 heavy (non-hydrogen) atoms. The standard InChI is InChI=1S/C26H25N5O3S/c1-16-13-17(2)28-26(27-16)35-20-8-6-19(7-9-20)29-25(32)21-15-31(3)30-24(21)18-5-10-22-23(14-18)34-12-4-11-33-22/h5-10,13-15H,4,11-12H2,1-3H3,(H,29,32). The van der Waals surface area contributed by atoms with Crippen LogP contribution < -0.4 is 14.8 Å². The monoisotopic (exact) mass is 487 g/mol. The molecule has 4 aromatic rings. The first-order valence-corrected chi connectivity index (χ1v) is 12.1. The lowest BCUT2D eigenvalue weighted by molar-refractivity contribution is 0.102. The fraction of sp³-hybridized carbons (Fsp3) is 0.231. The number of carbonyl (C=O) groups excluding carboxylic acids is 1. The Hall–Kier alpha value is -3.85. The van der Waals surface area contributed by atoms with Gasteiger partial charge in [-0.15, -0.1) is 0 Å². The average molecular weight is 488 g/mol. The van der Waals surface area contributed by atoms with Crippen LogP contribution in [0.1, 0.15) is 28.2 Å². The second-order valence-electron chi connectivity index (χ2n) is 8.29. The Labute approximate surface area is 207 Å². The maximum Gasteiger partial charge on any atom is 0.259 e. The summed E-state index contributed by atoms with van der Waals surface area (Å²) in [6.45, 7) is 5.13. The molecule has 1 aliphatic heterocycles. The van der Waals surface area contributed by atoms with E-state index in [1.165, 1.54) is 11.8 Å². The molecular formula is C26H25N5O3S. The van der Waals surface area contributed by atoms with E-state index in [9.17, 15) is 4.79 Å². The van der Waals surface area contributed by atoms with Crippen molar-refractivity contribution < 1.29 is 14.3 Å². The summed E-state index contributed by atoms with van der Waals surface area (Å²) in [6.07, 6.45) is 2.55. The summed E-state index contributed by atoms with van der Waals surface area (Å²) in [5, 5.41) is 8.21. The quantitative estimate of drug-likeness (QED) is 0.394. The van der Waals surface area contributed by atoms with Gasteiger partial charge in [-0.25, -0.2) is 9.97 Å². The van der Waals surface area contributed by atoms with Crippen molar-refractivity contribution >= 4 is 23.4 Å². The minimum absolute atomic E-state index is 0.238. The normalized spacial score (nSPS) is 12.8. The van der Waals surface area contributed by atoms with Crippen molar-refractivity contribution in [1.29, 1.82) is 0 Å². The van der Waals surface area contributed by atoms with Gasteiger partial charge in [0.1, 0.15) is 5.69 Å². The summed E-state index contributed by atoms with van der Waals surface area (Å²) in [6, 6.07) is 15.2. The number of hydrogen-bond donors (Lipinski definition) is 1. The van der Waals surface area contributed by atoms with Crippen LogP contribution in [0, 0.1) is 13.8 Å². The van der Waals surface area contributed by atoms with Crippen molar-refractivity contribution in [1.82, 2.24) is 19.7 Å². The lowest BCUT2D eigenvalue weighted by Gasteiger charge is -2.10. The number of nitrogens with zero attached hydrogens (tertiary/aromatic N) is 4. The van der Waals surface area contributed by atoms with Gasteiger partial charge in [0, 0.05) is 47.2 Å². The molecule has 1 aliphatic rings. The predicted octanol–water partition coefficient (Wildman–Crippen LogP) is 5.06. The van der Waals surface area contributed by atoms with E-state index in [4.69, 9.17) is 9.47 Å². The molecule has 178 valence electrons. The van der Waals surface area contributed by atoms with E-state index >= 15 is 0 Å². The number of anilines is 1. The molecular weight excluding hydrogens is 462 g/mol. The Balaban J connectivity index is 1.33. The maximum absolute atomic E-state index is 13.2. The molecule has 0 spiro atoms. The number of carbonyl (C=O) groups is 1. The molecule has 0 unspecified atom stereocenters. The lowest BCUT2D eigenvalue weighted by atomic mass is 10.1. The Morgan fingerprint density at radius 2 is 1.69 bits per heavy atom. The molecule has 0 atom stereocenters. The van der Waals surface area contributed by atoms with E-state index in [-0.39, 0.29) is 5.91 Å². The van der Waals surface area contributed by atoms with Crippen molar-refractivity contribution in [3.63, 3.8) is 0 Å². The molecule has 0 saturated heterocycles. The summed E-state index contributed by atoms with van der Waals surface area (Å²) in [5.41, 5.74) is 4.41. The first kappa shape index (κ1) is 22.9. The van der Waals surface area contributed by atoms with Crippen LogP contribution in [0.2, 0.25) is 0 Å². The predicted molar refractivity (Wildman–Crippen MR) is 134 cm³/mol. The van der Waals surface area contributed by atoms with E-state index in [1.54, 1.807) is 17.9 Å². The van der Waals surface area contributed by atoms with Crippen LogP contribution in [0.25, 0.3) is 11.3 Å². The van der Waals surface area contributed by atoms with Gasteiger partial charge in [0.15, 0.2) is 16.7 Å². The van der Waals surface area contributed by atoms with Crippen molar-refractivity contribution in [3.05, 3.63) is 71.7 Å². The van der Waals surface area contributed by atoms with Gasteiger partial charge in [-0.05, 0) is 74.1 Å². The molecule has 0 bridgehead atoms. The van der Waals surface area contributed by atoms with Crippen molar-refractivity contribution in [2.24, 2.45) is 7.05 Å². The van der Waals surface area contributed by atoms with Gasteiger partial charge in [-0.2, -0.15) is 5.10 Å². The highest BCUT2D eigenvalue weighted by Crippen LogP contribution is 2.35. The Morgan fingerprint density at radius 1 is 0.971 bits per heavy atom. The molecule has 1 N–H and O–H groups in total. The molecule has 3 heterocycles. The highest BCUT2D eigenvalue weighted by atomic mass is 32.2. The number of hydrogen-bond acceptors (Lipinski definition) is 7. The SMILES string of the molecule is Cc1cc(C)nc(Sc2ccc(NC(=O)c3cn(C)nc3-c3ccc4c(c3)OCCCO4)cc2)n1. The molecule has 0 fully saturated rings. The molecule has 2 aromatic carbocycles. The summed E-state index contributed by atoms with van der Waals surface area (Å²) in [5.74, 6) is 1.13. The second-order valence-corrected chi connectivity index (χ2v) is 9.33. The number of rotatable bonds is 5. The first-order valence-electron chi connectivity index (χ1n) is 11.3. The highest BCUT2D eigenvalue weighted by Gasteiger charge is 2.20. The summed E-state index contributed by atoms with van der Waals surface area (Å²) in [4.78, 5) is 23.1. The average Bonchev–Trinajstić information content (AvgIpc) is 3.06. The van der Waals surface area contributed by atoms with E-state index in [0.29, 0.717) is 46.8 Å². The lowest BCUT2D eigenvalue weighted by Crippen LogP contribution is -2.12. The van der Waals surface area contributed by atoms with Gasteiger partial charge in [-0.3, -0.25) is 9.48 Å². The van der Waals surface area contributed by atoms with Gasteiger partial charge in [-0.1, -0.05) is 0 Å².